The number of hydrogen-bond donors (Lipinski definition) is 1. The van der Waals surface area contributed by atoms with E-state index in [4.69, 9.17) is 0 Å². The van der Waals surface area contributed by atoms with Gasteiger partial charge < -0.3 is 5.32 Å². The predicted molar refractivity (Wildman–Crippen MR) is 103 cm³/mol. The minimum absolute atomic E-state index is 0.00190. The number of aryl methyl sites for hydroxylation is 2. The molecule has 0 saturated carbocycles. The van der Waals surface area contributed by atoms with Crippen molar-refractivity contribution in [2.45, 2.75) is 51.7 Å². The summed E-state index contributed by atoms with van der Waals surface area (Å²) in [5.41, 5.74) is 1.76. The zero-order chi connectivity index (χ0) is 18.8. The van der Waals surface area contributed by atoms with Crippen molar-refractivity contribution in [1.82, 2.24) is 24.6 Å². The molecule has 1 aromatic heterocycles. The molecule has 2 aliphatic heterocycles. The third-order valence-corrected chi connectivity index (χ3v) is 5.66. The molecule has 144 valence electrons. The van der Waals surface area contributed by atoms with Gasteiger partial charge in [-0.05, 0) is 37.8 Å². The van der Waals surface area contributed by atoms with Crippen molar-refractivity contribution < 1.29 is 4.79 Å². The van der Waals surface area contributed by atoms with Crippen LogP contribution in [0.15, 0.2) is 29.1 Å². The lowest BCUT2D eigenvalue weighted by Crippen LogP contribution is -2.38. The lowest BCUT2D eigenvalue weighted by molar-refractivity contribution is 0.0937. The van der Waals surface area contributed by atoms with Crippen molar-refractivity contribution in [2.75, 3.05) is 19.6 Å². The molecule has 1 fully saturated rings. The van der Waals surface area contributed by atoms with Gasteiger partial charge in [0, 0.05) is 44.2 Å². The normalized spacial score (nSPS) is 19.8. The predicted octanol–water partition coefficient (Wildman–Crippen LogP) is 1.19. The molecule has 0 radical (unpaired) electrons. The number of fused-ring (bicyclic) bond motifs is 1. The quantitative estimate of drug-likeness (QED) is 0.859. The highest BCUT2D eigenvalue weighted by Crippen LogP contribution is 2.13. The van der Waals surface area contributed by atoms with Crippen LogP contribution in [0.3, 0.4) is 0 Å². The summed E-state index contributed by atoms with van der Waals surface area (Å²) in [7, 11) is 0. The maximum atomic E-state index is 12.5. The van der Waals surface area contributed by atoms with Crippen molar-refractivity contribution in [2.24, 2.45) is 0 Å². The maximum Gasteiger partial charge on any atom is 0.345 e. The molecule has 1 aromatic carbocycles. The Kier molecular flexibility index (Phi) is 5.11. The average molecular weight is 369 g/mol. The second-order valence-corrected chi connectivity index (χ2v) is 7.61. The van der Waals surface area contributed by atoms with Crippen LogP contribution in [-0.2, 0) is 19.5 Å². The molecule has 1 saturated heterocycles. The Morgan fingerprint density at radius 2 is 2.07 bits per heavy atom. The third-order valence-electron chi connectivity index (χ3n) is 5.66. The number of benzene rings is 1. The summed E-state index contributed by atoms with van der Waals surface area (Å²) in [6, 6.07) is 7.82. The Morgan fingerprint density at radius 1 is 1.22 bits per heavy atom. The van der Waals surface area contributed by atoms with Gasteiger partial charge in [0.25, 0.3) is 5.91 Å². The topological polar surface area (TPSA) is 72.2 Å². The first-order valence-corrected chi connectivity index (χ1v) is 9.87. The molecule has 2 aromatic rings. The van der Waals surface area contributed by atoms with Gasteiger partial charge in [0.05, 0.1) is 6.54 Å². The fourth-order valence-corrected chi connectivity index (χ4v) is 4.07. The van der Waals surface area contributed by atoms with E-state index in [1.54, 1.807) is 4.68 Å². The standard InChI is InChI=1S/C20H27N5O2/c1-15-6-2-3-7-17(15)19(26)21-16-9-11-23(14-16)12-13-25-20(27)24-10-5-4-8-18(24)22-25/h2-3,6-7,16H,4-5,8-14H2,1H3,(H,21,26). The lowest BCUT2D eigenvalue weighted by atomic mass is 10.1. The van der Waals surface area contributed by atoms with E-state index in [9.17, 15) is 9.59 Å². The molecule has 27 heavy (non-hydrogen) atoms. The summed E-state index contributed by atoms with van der Waals surface area (Å²) >= 11 is 0. The van der Waals surface area contributed by atoms with Crippen LogP contribution in [0, 0.1) is 6.92 Å². The number of nitrogens with zero attached hydrogens (tertiary/aromatic N) is 4. The minimum Gasteiger partial charge on any atom is -0.348 e. The Balaban J connectivity index is 1.30. The van der Waals surface area contributed by atoms with Crippen molar-refractivity contribution in [3.8, 4) is 0 Å². The SMILES string of the molecule is Cc1ccccc1C(=O)NC1CCN(CCn2nc3n(c2=O)CCCC3)C1. The molecule has 1 amide bonds. The number of likely N-dealkylation sites (tertiary alicyclic amines) is 1. The van der Waals surface area contributed by atoms with Gasteiger partial charge in [-0.1, -0.05) is 18.2 Å². The van der Waals surface area contributed by atoms with Gasteiger partial charge in [-0.25, -0.2) is 9.48 Å². The fraction of sp³-hybridized carbons (Fsp3) is 0.550. The molecule has 1 N–H and O–H groups in total. The zero-order valence-electron chi connectivity index (χ0n) is 15.9. The summed E-state index contributed by atoms with van der Waals surface area (Å²) in [5, 5.41) is 7.65. The van der Waals surface area contributed by atoms with E-state index < -0.39 is 0 Å². The van der Waals surface area contributed by atoms with Crippen LogP contribution in [0.4, 0.5) is 0 Å². The number of carbonyl (C=O) groups excluding carboxylic acids is 1. The van der Waals surface area contributed by atoms with Gasteiger partial charge >= 0.3 is 5.69 Å². The van der Waals surface area contributed by atoms with Gasteiger partial charge in [-0.3, -0.25) is 14.3 Å². The van der Waals surface area contributed by atoms with Crippen LogP contribution in [0.25, 0.3) is 0 Å². The second kappa shape index (κ2) is 7.68. The van der Waals surface area contributed by atoms with Crippen molar-refractivity contribution in [3.63, 3.8) is 0 Å². The molecule has 0 aliphatic carbocycles. The highest BCUT2D eigenvalue weighted by atomic mass is 16.2. The summed E-state index contributed by atoms with van der Waals surface area (Å²) in [6.07, 6.45) is 4.02. The van der Waals surface area contributed by atoms with Gasteiger partial charge in [-0.15, -0.1) is 0 Å². The van der Waals surface area contributed by atoms with Crippen LogP contribution in [0.1, 0.15) is 41.0 Å². The van der Waals surface area contributed by atoms with Crippen LogP contribution in [0.5, 0.6) is 0 Å². The zero-order valence-corrected chi connectivity index (χ0v) is 15.9. The smallest absolute Gasteiger partial charge is 0.345 e. The van der Waals surface area contributed by atoms with Crippen molar-refractivity contribution in [1.29, 1.82) is 0 Å². The van der Waals surface area contributed by atoms with Gasteiger partial charge in [0.2, 0.25) is 0 Å². The first-order chi connectivity index (χ1) is 13.1. The number of carbonyl (C=O) groups is 1. The maximum absolute atomic E-state index is 12.5. The third kappa shape index (κ3) is 3.83. The van der Waals surface area contributed by atoms with Crippen LogP contribution >= 0.6 is 0 Å². The first-order valence-electron chi connectivity index (χ1n) is 9.87. The fourth-order valence-electron chi connectivity index (χ4n) is 4.07. The number of amides is 1. The Bertz CT molecular complexity index is 885. The highest BCUT2D eigenvalue weighted by Gasteiger charge is 2.25. The largest absolute Gasteiger partial charge is 0.348 e. The molecule has 4 rings (SSSR count). The number of hydrogen-bond acceptors (Lipinski definition) is 4. The number of nitrogens with one attached hydrogen (secondary N) is 1. The van der Waals surface area contributed by atoms with Gasteiger partial charge in [-0.2, -0.15) is 5.10 Å². The number of rotatable bonds is 5. The van der Waals surface area contributed by atoms with Crippen LogP contribution in [0.2, 0.25) is 0 Å². The minimum atomic E-state index is -0.00190. The van der Waals surface area contributed by atoms with Gasteiger partial charge in [0.15, 0.2) is 0 Å². The summed E-state index contributed by atoms with van der Waals surface area (Å²) in [5.74, 6) is 0.925. The molecule has 2 aliphatic rings. The Labute approximate surface area is 159 Å². The van der Waals surface area contributed by atoms with E-state index in [0.29, 0.717) is 6.54 Å². The van der Waals surface area contributed by atoms with E-state index in [-0.39, 0.29) is 17.6 Å². The van der Waals surface area contributed by atoms with Crippen LogP contribution in [-0.4, -0.2) is 50.8 Å². The molecule has 0 bridgehead atoms. The van der Waals surface area contributed by atoms with Gasteiger partial charge in [0.1, 0.15) is 5.82 Å². The molecular weight excluding hydrogens is 342 g/mol. The van der Waals surface area contributed by atoms with E-state index in [2.05, 4.69) is 15.3 Å². The molecule has 7 heteroatoms. The summed E-state index contributed by atoms with van der Waals surface area (Å²) in [6.45, 7) is 5.90. The Morgan fingerprint density at radius 3 is 2.89 bits per heavy atom. The van der Waals surface area contributed by atoms with E-state index >= 15 is 0 Å². The van der Waals surface area contributed by atoms with Crippen molar-refractivity contribution >= 4 is 5.91 Å². The Hall–Kier alpha value is -2.41. The molecule has 0 spiro atoms. The monoisotopic (exact) mass is 369 g/mol. The van der Waals surface area contributed by atoms with Crippen molar-refractivity contribution in [3.05, 3.63) is 51.7 Å². The molecular formula is C20H27N5O2. The first kappa shape index (κ1) is 18.0. The van der Waals surface area contributed by atoms with E-state index in [1.807, 2.05) is 35.8 Å². The number of aromatic nitrogens is 3. The van der Waals surface area contributed by atoms with Crippen LogP contribution < -0.4 is 11.0 Å². The summed E-state index contributed by atoms with van der Waals surface area (Å²) < 4.78 is 3.43. The molecule has 7 nitrogen and oxygen atoms in total. The molecule has 3 heterocycles. The molecule has 1 unspecified atom stereocenters. The average Bonchev–Trinajstić information content (AvgIpc) is 3.25. The lowest BCUT2D eigenvalue weighted by Gasteiger charge is -2.17. The van der Waals surface area contributed by atoms with E-state index in [1.165, 1.54) is 0 Å². The summed E-state index contributed by atoms with van der Waals surface area (Å²) in [4.78, 5) is 27.2. The second-order valence-electron chi connectivity index (χ2n) is 7.61. The molecule has 1 atom stereocenters. The van der Waals surface area contributed by atoms with E-state index in [0.717, 1.165) is 68.8 Å². The highest BCUT2D eigenvalue weighted by molar-refractivity contribution is 5.95.